The maximum atomic E-state index is 13.0. The van der Waals surface area contributed by atoms with Gasteiger partial charge in [0.25, 0.3) is 0 Å². The van der Waals surface area contributed by atoms with Crippen LogP contribution in [-0.4, -0.2) is 95.9 Å². The zero-order chi connectivity index (χ0) is 82.2. The van der Waals surface area contributed by atoms with E-state index in [2.05, 4.69) is 154 Å². The van der Waals surface area contributed by atoms with Crippen molar-refractivity contribution >= 4 is 33.6 Å². The van der Waals surface area contributed by atoms with Crippen LogP contribution in [0.15, 0.2) is 134 Å². The number of phosphoric acid groups is 2. The fourth-order valence-electron chi connectivity index (χ4n) is 12.4. The number of phosphoric ester groups is 2. The van der Waals surface area contributed by atoms with Crippen molar-refractivity contribution in [3.63, 3.8) is 0 Å². The summed E-state index contributed by atoms with van der Waals surface area (Å²) in [5, 5.41) is 20.7. The molecule has 0 radical (unpaired) electrons. The van der Waals surface area contributed by atoms with E-state index in [-0.39, 0.29) is 19.3 Å². The molecule has 18 heteroatoms. The van der Waals surface area contributed by atoms with Crippen LogP contribution in [0.4, 0.5) is 0 Å². The van der Waals surface area contributed by atoms with Crippen molar-refractivity contribution in [3.8, 4) is 0 Å². The van der Waals surface area contributed by atoms with E-state index in [9.17, 15) is 43.5 Å². The lowest BCUT2D eigenvalue weighted by Gasteiger charge is -2.21. The Bertz CT molecular complexity index is 2580. The van der Waals surface area contributed by atoms with Gasteiger partial charge in [0.05, 0.1) is 26.4 Å². The molecular formula is C95H166O16P2. The molecule has 0 bridgehead atoms. The van der Waals surface area contributed by atoms with Gasteiger partial charge < -0.3 is 34.2 Å². The molecule has 4 N–H and O–H groups in total. The van der Waals surface area contributed by atoms with Gasteiger partial charge in [0.1, 0.15) is 25.4 Å². The molecule has 0 saturated heterocycles. The summed E-state index contributed by atoms with van der Waals surface area (Å²) in [5.74, 6) is -1.58. The Hall–Kier alpha value is -4.31. The minimum absolute atomic E-state index is 0.0881. The Morgan fingerprint density at radius 1 is 0.257 bits per heavy atom. The second-order valence-corrected chi connectivity index (χ2v) is 33.3. The van der Waals surface area contributed by atoms with Gasteiger partial charge in [-0.15, -0.1) is 0 Å². The van der Waals surface area contributed by atoms with Gasteiger partial charge in [-0.05, 0) is 135 Å². The lowest BCUT2D eigenvalue weighted by molar-refractivity contribution is -0.161. The van der Waals surface area contributed by atoms with Crippen molar-refractivity contribution in [1.82, 2.24) is 0 Å². The molecule has 0 fully saturated rings. The number of allylic oxidation sites excluding steroid dienone is 22. The Kier molecular flexibility index (Phi) is 83.7. The van der Waals surface area contributed by atoms with E-state index in [4.69, 9.17) is 32.3 Å². The number of carbonyl (C=O) groups excluding carboxylic acids is 3. The first-order valence-electron chi connectivity index (χ1n) is 45.5. The lowest BCUT2D eigenvalue weighted by atomic mass is 10.0. The first-order chi connectivity index (χ1) is 55.2. The molecule has 5 unspecified atom stereocenters. The van der Waals surface area contributed by atoms with Crippen molar-refractivity contribution in [1.29, 1.82) is 0 Å². The molecule has 0 saturated carbocycles. The van der Waals surface area contributed by atoms with Gasteiger partial charge in [-0.1, -0.05) is 373 Å². The molecule has 0 aliphatic heterocycles. The van der Waals surface area contributed by atoms with Gasteiger partial charge in [0, 0.05) is 19.3 Å². The Labute approximate surface area is 690 Å². The number of esters is 3. The molecule has 16 nitrogen and oxygen atoms in total. The zero-order valence-corrected chi connectivity index (χ0v) is 73.6. The zero-order valence-electron chi connectivity index (χ0n) is 71.8. The molecule has 0 aromatic carbocycles. The quantitative estimate of drug-likeness (QED) is 0.0146. The van der Waals surface area contributed by atoms with E-state index in [1.807, 2.05) is 0 Å². The Balaban J connectivity index is 4.39. The van der Waals surface area contributed by atoms with Crippen LogP contribution in [0.3, 0.4) is 0 Å². The molecular weight excluding hydrogens is 1460 g/mol. The third kappa shape index (κ3) is 88.3. The molecule has 652 valence electrons. The number of ether oxygens (including phenoxy) is 3. The molecule has 0 aromatic rings. The molecule has 0 aromatic heterocycles. The SMILES string of the molecule is CC/C=C\C/C=C\C/C=C\C/C=C\C/C=C\CCCCCCCCCCCCCCCCCC(=O)OCC(COP(=O)(O)OCC(O)COP(=O)(O)OCC(O)COC(=O)CCCCCCCCCCCCCCCCCCC/C=C\C/C=C\C/C=C\C/C=C\CCCCC)OC(=O)CCCCCCC/C=C\C/C=C\CCC. The van der Waals surface area contributed by atoms with Crippen molar-refractivity contribution in [2.24, 2.45) is 0 Å². The van der Waals surface area contributed by atoms with E-state index in [1.54, 1.807) is 0 Å². The van der Waals surface area contributed by atoms with Crippen LogP contribution < -0.4 is 0 Å². The van der Waals surface area contributed by atoms with Gasteiger partial charge in [0.15, 0.2) is 6.10 Å². The highest BCUT2D eigenvalue weighted by Gasteiger charge is 2.29. The molecule has 0 spiro atoms. The van der Waals surface area contributed by atoms with Crippen LogP contribution >= 0.6 is 15.6 Å². The molecule has 0 aliphatic carbocycles. The van der Waals surface area contributed by atoms with Crippen molar-refractivity contribution < 1.29 is 75.8 Å². The summed E-state index contributed by atoms with van der Waals surface area (Å²) in [6.07, 6.45) is 108. The van der Waals surface area contributed by atoms with Crippen molar-refractivity contribution in [2.75, 3.05) is 39.6 Å². The number of hydrogen-bond acceptors (Lipinski definition) is 14. The minimum Gasteiger partial charge on any atom is -0.463 e. The summed E-state index contributed by atoms with van der Waals surface area (Å²) in [5.41, 5.74) is 0. The average Bonchev–Trinajstić information content (AvgIpc) is 0.887. The van der Waals surface area contributed by atoms with Crippen molar-refractivity contribution in [2.45, 2.75) is 411 Å². The molecule has 0 heterocycles. The highest BCUT2D eigenvalue weighted by atomic mass is 31.2. The summed E-state index contributed by atoms with van der Waals surface area (Å²) in [7, 11) is -9.80. The van der Waals surface area contributed by atoms with E-state index in [0.29, 0.717) is 19.3 Å². The summed E-state index contributed by atoms with van der Waals surface area (Å²) in [4.78, 5) is 58.8. The maximum absolute atomic E-state index is 13.0. The number of rotatable bonds is 86. The third-order valence-electron chi connectivity index (χ3n) is 19.3. The monoisotopic (exact) mass is 1630 g/mol. The van der Waals surface area contributed by atoms with E-state index in [0.717, 1.165) is 141 Å². The minimum atomic E-state index is -4.94. The van der Waals surface area contributed by atoms with Crippen LogP contribution in [0.1, 0.15) is 393 Å². The van der Waals surface area contributed by atoms with Crippen molar-refractivity contribution in [3.05, 3.63) is 134 Å². The molecule has 0 amide bonds. The predicted octanol–water partition coefficient (Wildman–Crippen LogP) is 27.8. The van der Waals surface area contributed by atoms with Gasteiger partial charge in [-0.2, -0.15) is 0 Å². The van der Waals surface area contributed by atoms with Gasteiger partial charge in [0.2, 0.25) is 0 Å². The van der Waals surface area contributed by atoms with Gasteiger partial charge in [-0.3, -0.25) is 32.5 Å². The molecule has 0 aliphatic rings. The largest absolute Gasteiger partial charge is 0.472 e. The Morgan fingerprint density at radius 3 is 0.779 bits per heavy atom. The van der Waals surface area contributed by atoms with E-state index in [1.165, 1.54) is 193 Å². The first kappa shape index (κ1) is 109. The predicted molar refractivity (Wildman–Crippen MR) is 473 cm³/mol. The molecule has 113 heavy (non-hydrogen) atoms. The highest BCUT2D eigenvalue weighted by Crippen LogP contribution is 2.45. The van der Waals surface area contributed by atoms with E-state index < -0.39 is 91.5 Å². The smallest absolute Gasteiger partial charge is 0.463 e. The fraction of sp³-hybridized carbons (Fsp3) is 0.737. The van der Waals surface area contributed by atoms with E-state index >= 15 is 0 Å². The van der Waals surface area contributed by atoms with Crippen LogP contribution in [0.5, 0.6) is 0 Å². The highest BCUT2D eigenvalue weighted by molar-refractivity contribution is 7.47. The van der Waals surface area contributed by atoms with Gasteiger partial charge >= 0.3 is 33.6 Å². The van der Waals surface area contributed by atoms with Crippen LogP contribution in [-0.2, 0) is 55.8 Å². The summed E-state index contributed by atoms with van der Waals surface area (Å²) in [6, 6.07) is 0. The first-order valence-corrected chi connectivity index (χ1v) is 48.5. The summed E-state index contributed by atoms with van der Waals surface area (Å²) >= 11 is 0. The topological polar surface area (TPSA) is 231 Å². The summed E-state index contributed by atoms with van der Waals surface area (Å²) in [6.45, 7) is 2.51. The number of aliphatic hydroxyl groups excluding tert-OH is 2. The average molecular weight is 1630 g/mol. The maximum Gasteiger partial charge on any atom is 0.472 e. The number of carbonyl (C=O) groups is 3. The summed E-state index contributed by atoms with van der Waals surface area (Å²) < 4.78 is 61.3. The van der Waals surface area contributed by atoms with Gasteiger partial charge in [-0.25, -0.2) is 9.13 Å². The van der Waals surface area contributed by atoms with Crippen LogP contribution in [0.2, 0.25) is 0 Å². The van der Waals surface area contributed by atoms with Crippen LogP contribution in [0, 0.1) is 0 Å². The Morgan fingerprint density at radius 2 is 0.487 bits per heavy atom. The van der Waals surface area contributed by atoms with Crippen LogP contribution in [0.25, 0.3) is 0 Å². The molecule has 0 rings (SSSR count). The number of unbranched alkanes of at least 4 members (excludes halogenated alkanes) is 41. The molecule has 5 atom stereocenters. The second-order valence-electron chi connectivity index (χ2n) is 30.4. The number of aliphatic hydroxyl groups is 2. The second kappa shape index (κ2) is 87.0. The standard InChI is InChI=1S/C95H166O16P2/c1-4-7-10-13-16-19-22-25-27-29-31-33-35-37-39-41-43-44-46-48-49-51-53-55-57-59-61-64-66-69-72-75-78-81-93(98)105-84-90(96)85-107-112(101,102)108-86-91(97)87-109-113(103,104)110-89-92(111-95(100)83-80-77-74-71-68-63-24-21-18-15-12-9-6-3)88-106-94(99)82-79-76-73-70-67-65-62-60-58-56-54-52-50-47-45-42-40-38-36-34-32-30-28-26-23-20-17-14-11-8-5-2/h8,11-12,15-17,19-21,24-28,31-34,37-40,90-92,96-97H,4-7,9-10,13-14,18,22-23,29-30,35-36,41-89H2,1-3H3,(H,101,102)(H,103,104)/b11-8-,15-12-,19-16-,20-17-,24-21-,27-25-,28-26-,33-31-,34-32-,39-37-,40-38-. The lowest BCUT2D eigenvalue weighted by Crippen LogP contribution is -2.30. The fourth-order valence-corrected chi connectivity index (χ4v) is 14.0. The number of hydrogen-bond donors (Lipinski definition) is 4. The third-order valence-corrected chi connectivity index (χ3v) is 21.2. The normalized spacial score (nSPS) is 14.4.